The highest BCUT2D eigenvalue weighted by atomic mass is 35.5. The molecule has 3 saturated heterocycles. The largest absolute Gasteiger partial charge is 0.444 e. The Morgan fingerprint density at radius 1 is 0.642 bits per heavy atom. The minimum absolute atomic E-state index is 0.212. The molecule has 3 atom stereocenters. The number of likely N-dealkylation sites (tertiary alicyclic amines) is 1. The van der Waals surface area contributed by atoms with Crippen LogP contribution in [-0.2, 0) is 4.74 Å². The smallest absolute Gasteiger partial charge is 0.410 e. The molecule has 3 unspecified atom stereocenters. The number of benzene rings is 4. The Morgan fingerprint density at radius 3 is 1.57 bits per heavy atom. The van der Waals surface area contributed by atoms with Gasteiger partial charge in [0.15, 0.2) is 0 Å². The van der Waals surface area contributed by atoms with Crippen LogP contribution in [0.1, 0.15) is 105 Å². The number of ether oxygens (including phenoxy) is 1. The van der Waals surface area contributed by atoms with E-state index in [0.717, 1.165) is 66.7 Å². The van der Waals surface area contributed by atoms with Gasteiger partial charge in [-0.3, -0.25) is 0 Å². The van der Waals surface area contributed by atoms with Crippen molar-refractivity contribution in [3.63, 3.8) is 0 Å². The highest BCUT2D eigenvalue weighted by molar-refractivity contribution is 6.30. The van der Waals surface area contributed by atoms with Crippen molar-refractivity contribution in [1.29, 1.82) is 0 Å². The molecular weight excluding hydrogens is 697 g/mol. The minimum atomic E-state index is -0.440. The highest BCUT2D eigenvalue weighted by Crippen LogP contribution is 2.29. The van der Waals surface area contributed by atoms with Crippen LogP contribution in [-0.4, -0.2) is 55.9 Å². The number of hydrogen-bond donors (Lipinski definition) is 2. The quantitative estimate of drug-likeness (QED) is 0.205. The van der Waals surface area contributed by atoms with Crippen molar-refractivity contribution in [2.75, 3.05) is 39.3 Å². The molecule has 4 aromatic rings. The van der Waals surface area contributed by atoms with Gasteiger partial charge >= 0.3 is 6.09 Å². The maximum Gasteiger partial charge on any atom is 0.410 e. The zero-order valence-electron chi connectivity index (χ0n) is 31.6. The van der Waals surface area contributed by atoms with E-state index >= 15 is 0 Å². The van der Waals surface area contributed by atoms with E-state index in [0.29, 0.717) is 17.8 Å². The molecule has 7 rings (SSSR count). The number of carbonyl (C=O) groups excluding carboxylic acids is 1. The van der Waals surface area contributed by atoms with E-state index in [4.69, 9.17) is 27.9 Å². The zero-order valence-corrected chi connectivity index (χ0v) is 33.1. The number of rotatable bonds is 3. The molecule has 3 aliphatic rings. The lowest BCUT2D eigenvalue weighted by atomic mass is 9.91. The summed E-state index contributed by atoms with van der Waals surface area (Å²) in [6.07, 6.45) is 7.05. The fourth-order valence-electron chi connectivity index (χ4n) is 6.99. The first-order chi connectivity index (χ1) is 25.6. The van der Waals surface area contributed by atoms with E-state index in [1.54, 1.807) is 0 Å². The summed E-state index contributed by atoms with van der Waals surface area (Å²) in [7, 11) is 0. The molecule has 0 saturated carbocycles. The molecule has 0 radical (unpaired) electrons. The Kier molecular flexibility index (Phi) is 15.7. The SMILES string of the molecule is C(#Cc1ccc(C2CCCNC2)cc1)c1ccccc1.CC(C)(C)OC(=O)N1CCCC(c2ccc(Cl)cc2)C1.Clc1ccc(C2CCCNC2)cc1. The van der Waals surface area contributed by atoms with Gasteiger partial charge in [0.2, 0.25) is 0 Å². The third-order valence-corrected chi connectivity index (χ3v) is 10.4. The molecule has 3 heterocycles. The predicted octanol–water partition coefficient (Wildman–Crippen LogP) is 10.8. The molecule has 0 aromatic heterocycles. The van der Waals surface area contributed by atoms with Gasteiger partial charge in [0, 0.05) is 53.3 Å². The van der Waals surface area contributed by atoms with Crippen molar-refractivity contribution < 1.29 is 9.53 Å². The Bertz CT molecular complexity index is 1730. The van der Waals surface area contributed by atoms with Gasteiger partial charge in [-0.2, -0.15) is 0 Å². The van der Waals surface area contributed by atoms with Crippen molar-refractivity contribution in [3.05, 3.63) is 141 Å². The molecule has 3 aliphatic heterocycles. The van der Waals surface area contributed by atoms with Gasteiger partial charge in [0.05, 0.1) is 0 Å². The molecular formula is C46H55Cl2N3O2. The topological polar surface area (TPSA) is 53.6 Å². The zero-order chi connectivity index (χ0) is 37.5. The van der Waals surface area contributed by atoms with Crippen molar-refractivity contribution in [1.82, 2.24) is 15.5 Å². The average Bonchev–Trinajstić information content (AvgIpc) is 3.19. The van der Waals surface area contributed by atoms with E-state index in [9.17, 15) is 4.79 Å². The third kappa shape index (κ3) is 13.9. The molecule has 3 fully saturated rings. The second-order valence-electron chi connectivity index (χ2n) is 15.2. The van der Waals surface area contributed by atoms with Gasteiger partial charge in [0.1, 0.15) is 5.60 Å². The first kappa shape index (κ1) is 40.4. The van der Waals surface area contributed by atoms with E-state index in [-0.39, 0.29) is 6.09 Å². The van der Waals surface area contributed by atoms with E-state index in [2.05, 4.69) is 58.9 Å². The first-order valence-corrected chi connectivity index (χ1v) is 20.0. The highest BCUT2D eigenvalue weighted by Gasteiger charge is 2.28. The summed E-state index contributed by atoms with van der Waals surface area (Å²) in [6, 6.07) is 35.0. The Labute approximate surface area is 327 Å². The van der Waals surface area contributed by atoms with Crippen molar-refractivity contribution in [3.8, 4) is 11.8 Å². The van der Waals surface area contributed by atoms with Gasteiger partial charge in [-0.15, -0.1) is 0 Å². The van der Waals surface area contributed by atoms with Gasteiger partial charge in [-0.1, -0.05) is 89.6 Å². The molecule has 4 aromatic carbocycles. The molecule has 0 bridgehead atoms. The van der Waals surface area contributed by atoms with Gasteiger partial charge in [-0.05, 0) is 149 Å². The lowest BCUT2D eigenvalue weighted by Gasteiger charge is -2.34. The maximum atomic E-state index is 12.1. The second-order valence-corrected chi connectivity index (χ2v) is 16.1. The average molecular weight is 753 g/mol. The van der Waals surface area contributed by atoms with Crippen LogP contribution in [0.3, 0.4) is 0 Å². The van der Waals surface area contributed by atoms with Crippen molar-refractivity contribution in [2.45, 2.75) is 82.7 Å². The standard InChI is InChI=1S/C19H19N.C16H22ClNO2.C11H14ClN/c1-2-5-16(6-3-1)8-9-17-10-12-18(13-11-17)19-7-4-14-20-15-19;1-16(2,3)20-15(19)18-10-4-5-13(11-18)12-6-8-14(17)9-7-12;12-11-5-3-9(4-6-11)10-2-1-7-13-8-10/h1-3,5-6,10-13,19-20H,4,7,14-15H2;6-9,13H,4-5,10-11H2,1-3H3;3-6,10,13H,1-2,7-8H2. The van der Waals surface area contributed by atoms with Gasteiger partial charge in [0.25, 0.3) is 0 Å². The summed E-state index contributed by atoms with van der Waals surface area (Å²) in [5.41, 5.74) is 5.79. The van der Waals surface area contributed by atoms with Crippen molar-refractivity contribution in [2.24, 2.45) is 0 Å². The van der Waals surface area contributed by atoms with Crippen LogP contribution in [0.5, 0.6) is 0 Å². The summed E-state index contributed by atoms with van der Waals surface area (Å²) in [5, 5.41) is 8.45. The Balaban J connectivity index is 0.000000157. The number of hydrogen-bond acceptors (Lipinski definition) is 4. The molecule has 5 nitrogen and oxygen atoms in total. The lowest BCUT2D eigenvalue weighted by Crippen LogP contribution is -2.42. The molecule has 1 amide bonds. The number of carbonyl (C=O) groups is 1. The van der Waals surface area contributed by atoms with Crippen LogP contribution in [0, 0.1) is 11.8 Å². The summed E-state index contributed by atoms with van der Waals surface area (Å²) >= 11 is 11.8. The molecule has 7 heteroatoms. The molecule has 0 aliphatic carbocycles. The third-order valence-electron chi connectivity index (χ3n) is 9.86. The number of nitrogens with one attached hydrogen (secondary N) is 2. The van der Waals surface area contributed by atoms with E-state index in [1.807, 2.05) is 92.4 Å². The number of amides is 1. The van der Waals surface area contributed by atoms with Crippen LogP contribution in [0.4, 0.5) is 4.79 Å². The fourth-order valence-corrected chi connectivity index (χ4v) is 7.24. The van der Waals surface area contributed by atoms with Gasteiger partial charge in [-0.25, -0.2) is 4.79 Å². The summed E-state index contributed by atoms with van der Waals surface area (Å²) in [6.45, 7) is 11.7. The van der Waals surface area contributed by atoms with E-state index in [1.165, 1.54) is 48.9 Å². The van der Waals surface area contributed by atoms with Crippen LogP contribution in [0.25, 0.3) is 0 Å². The van der Waals surface area contributed by atoms with Crippen LogP contribution in [0.2, 0.25) is 10.0 Å². The lowest BCUT2D eigenvalue weighted by molar-refractivity contribution is 0.0198. The van der Waals surface area contributed by atoms with Crippen LogP contribution < -0.4 is 10.6 Å². The predicted molar refractivity (Wildman–Crippen MR) is 221 cm³/mol. The van der Waals surface area contributed by atoms with Crippen LogP contribution in [0.15, 0.2) is 103 Å². The first-order valence-electron chi connectivity index (χ1n) is 19.2. The fraction of sp³-hybridized carbons (Fsp3) is 0.413. The van der Waals surface area contributed by atoms with E-state index < -0.39 is 5.60 Å². The number of halogens is 2. The normalized spacial score (nSPS) is 19.9. The van der Waals surface area contributed by atoms with Crippen molar-refractivity contribution >= 4 is 29.3 Å². The van der Waals surface area contributed by atoms with Gasteiger partial charge < -0.3 is 20.3 Å². The number of piperidine rings is 3. The summed E-state index contributed by atoms with van der Waals surface area (Å²) in [5.74, 6) is 8.14. The van der Waals surface area contributed by atoms with Crippen LogP contribution >= 0.6 is 23.2 Å². The molecule has 53 heavy (non-hydrogen) atoms. The summed E-state index contributed by atoms with van der Waals surface area (Å²) < 4.78 is 5.45. The Hall–Kier alpha value is -3.79. The summed E-state index contributed by atoms with van der Waals surface area (Å²) in [4.78, 5) is 13.9. The molecule has 280 valence electrons. The number of nitrogens with zero attached hydrogens (tertiary/aromatic N) is 1. The molecule has 0 spiro atoms. The minimum Gasteiger partial charge on any atom is -0.444 e. The maximum absolute atomic E-state index is 12.1. The molecule has 2 N–H and O–H groups in total. The Morgan fingerprint density at radius 2 is 1.09 bits per heavy atom. The monoisotopic (exact) mass is 751 g/mol. The second kappa shape index (κ2) is 20.6.